The van der Waals surface area contributed by atoms with Crippen LogP contribution in [-0.2, 0) is 10.0 Å². The van der Waals surface area contributed by atoms with E-state index in [1.54, 1.807) is 22.1 Å². The van der Waals surface area contributed by atoms with Crippen molar-refractivity contribution in [3.8, 4) is 5.82 Å². The van der Waals surface area contributed by atoms with Crippen LogP contribution in [0.25, 0.3) is 5.82 Å². The Morgan fingerprint density at radius 2 is 2.00 bits per heavy atom. The van der Waals surface area contributed by atoms with Crippen LogP contribution in [0, 0.1) is 6.92 Å². The number of nitrogens with one attached hydrogen (secondary N) is 1. The summed E-state index contributed by atoms with van der Waals surface area (Å²) in [5.41, 5.74) is 0.592. The molecule has 0 amide bonds. The van der Waals surface area contributed by atoms with E-state index < -0.39 is 10.0 Å². The number of nitrogens with zero attached hydrogens (tertiary/aromatic N) is 5. The molecule has 1 atom stereocenters. The number of piperazine rings is 1. The SMILES string of the molecule is Cc1c(S(=O)(=O)N2CCC(N3CCNCC3)C2)cnn1-c1ccccn1. The molecule has 2 saturated heterocycles. The molecule has 1 unspecified atom stereocenters. The zero-order valence-corrected chi connectivity index (χ0v) is 15.7. The van der Waals surface area contributed by atoms with Gasteiger partial charge < -0.3 is 5.32 Å². The first-order valence-corrected chi connectivity index (χ1v) is 10.4. The Balaban J connectivity index is 1.55. The van der Waals surface area contributed by atoms with E-state index in [4.69, 9.17) is 0 Å². The number of hydrogen-bond donors (Lipinski definition) is 1. The molecule has 2 aliphatic rings. The van der Waals surface area contributed by atoms with Gasteiger partial charge in [-0.15, -0.1) is 0 Å². The standard InChI is InChI=1S/C17H24N6O2S/c1-14-16(12-20-23(14)17-4-2-3-6-19-17)26(24,25)22-9-5-15(13-22)21-10-7-18-8-11-21/h2-4,6,12,15,18H,5,7-11,13H2,1H3. The van der Waals surface area contributed by atoms with Crippen molar-refractivity contribution in [1.29, 1.82) is 0 Å². The highest BCUT2D eigenvalue weighted by molar-refractivity contribution is 7.89. The highest BCUT2D eigenvalue weighted by atomic mass is 32.2. The fraction of sp³-hybridized carbons (Fsp3) is 0.529. The van der Waals surface area contributed by atoms with E-state index in [2.05, 4.69) is 20.3 Å². The maximum atomic E-state index is 13.1. The molecule has 4 rings (SSSR count). The predicted molar refractivity (Wildman–Crippen MR) is 97.7 cm³/mol. The van der Waals surface area contributed by atoms with Crippen molar-refractivity contribution in [3.05, 3.63) is 36.3 Å². The van der Waals surface area contributed by atoms with Crippen LogP contribution in [0.1, 0.15) is 12.1 Å². The number of rotatable bonds is 4. The van der Waals surface area contributed by atoms with Crippen LogP contribution < -0.4 is 5.32 Å². The van der Waals surface area contributed by atoms with Gasteiger partial charge in [0.1, 0.15) is 4.90 Å². The minimum Gasteiger partial charge on any atom is -0.314 e. The molecule has 9 heteroatoms. The lowest BCUT2D eigenvalue weighted by Crippen LogP contribution is -2.49. The Labute approximate surface area is 153 Å². The average molecular weight is 376 g/mol. The molecular formula is C17H24N6O2S. The summed E-state index contributed by atoms with van der Waals surface area (Å²) in [4.78, 5) is 6.92. The van der Waals surface area contributed by atoms with Crippen molar-refractivity contribution in [2.24, 2.45) is 0 Å². The maximum Gasteiger partial charge on any atom is 0.246 e. The summed E-state index contributed by atoms with van der Waals surface area (Å²) >= 11 is 0. The van der Waals surface area contributed by atoms with Crippen molar-refractivity contribution in [1.82, 2.24) is 29.3 Å². The molecular weight excluding hydrogens is 352 g/mol. The Morgan fingerprint density at radius 1 is 1.19 bits per heavy atom. The van der Waals surface area contributed by atoms with E-state index in [9.17, 15) is 8.42 Å². The first kappa shape index (κ1) is 17.6. The van der Waals surface area contributed by atoms with E-state index in [-0.39, 0.29) is 4.90 Å². The third-order valence-corrected chi connectivity index (χ3v) is 7.21. The minimum atomic E-state index is -3.55. The molecule has 4 heterocycles. The molecule has 1 N–H and O–H groups in total. The molecule has 0 saturated carbocycles. The van der Waals surface area contributed by atoms with E-state index in [0.29, 0.717) is 30.6 Å². The van der Waals surface area contributed by atoms with E-state index in [1.807, 2.05) is 18.2 Å². The molecule has 26 heavy (non-hydrogen) atoms. The predicted octanol–water partition coefficient (Wildman–Crippen LogP) is 0.244. The number of hydrogen-bond acceptors (Lipinski definition) is 6. The summed E-state index contributed by atoms with van der Waals surface area (Å²) in [5.74, 6) is 0.617. The quantitative estimate of drug-likeness (QED) is 0.823. The highest BCUT2D eigenvalue weighted by Crippen LogP contribution is 2.26. The van der Waals surface area contributed by atoms with Gasteiger partial charge in [0.25, 0.3) is 0 Å². The minimum absolute atomic E-state index is 0.268. The van der Waals surface area contributed by atoms with Gasteiger partial charge >= 0.3 is 0 Å². The van der Waals surface area contributed by atoms with Gasteiger partial charge in [-0.25, -0.2) is 18.1 Å². The van der Waals surface area contributed by atoms with Crippen molar-refractivity contribution in [3.63, 3.8) is 0 Å². The summed E-state index contributed by atoms with van der Waals surface area (Å²) in [5, 5.41) is 7.60. The number of sulfonamides is 1. The van der Waals surface area contributed by atoms with E-state index >= 15 is 0 Å². The van der Waals surface area contributed by atoms with E-state index in [1.165, 1.54) is 6.20 Å². The normalized spacial score (nSPS) is 22.7. The second-order valence-electron chi connectivity index (χ2n) is 6.79. The molecule has 0 radical (unpaired) electrons. The Morgan fingerprint density at radius 3 is 2.73 bits per heavy atom. The van der Waals surface area contributed by atoms with Gasteiger partial charge in [0.15, 0.2) is 5.82 Å². The second-order valence-corrected chi connectivity index (χ2v) is 8.69. The van der Waals surface area contributed by atoms with Crippen molar-refractivity contribution in [2.45, 2.75) is 24.3 Å². The lowest BCUT2D eigenvalue weighted by Gasteiger charge is -2.32. The van der Waals surface area contributed by atoms with Crippen LogP contribution in [0.2, 0.25) is 0 Å². The molecule has 2 aromatic heterocycles. The second kappa shape index (κ2) is 7.07. The smallest absolute Gasteiger partial charge is 0.246 e. The van der Waals surface area contributed by atoms with Crippen LogP contribution in [-0.4, -0.2) is 77.7 Å². The molecule has 0 aliphatic carbocycles. The molecule has 8 nitrogen and oxygen atoms in total. The fourth-order valence-corrected chi connectivity index (χ4v) is 5.40. The topological polar surface area (TPSA) is 83.4 Å². The molecule has 0 bridgehead atoms. The van der Waals surface area contributed by atoms with Crippen LogP contribution in [0.4, 0.5) is 0 Å². The van der Waals surface area contributed by atoms with Crippen LogP contribution in [0.3, 0.4) is 0 Å². The number of aromatic nitrogens is 3. The van der Waals surface area contributed by atoms with Crippen molar-refractivity contribution >= 4 is 10.0 Å². The highest BCUT2D eigenvalue weighted by Gasteiger charge is 2.37. The third-order valence-electron chi connectivity index (χ3n) is 5.24. The first-order chi connectivity index (χ1) is 12.6. The van der Waals surface area contributed by atoms with E-state index in [0.717, 1.165) is 32.6 Å². The maximum absolute atomic E-state index is 13.1. The van der Waals surface area contributed by atoms with Gasteiger partial charge in [0.2, 0.25) is 10.0 Å². The first-order valence-electron chi connectivity index (χ1n) is 8.98. The summed E-state index contributed by atoms with van der Waals surface area (Å²) in [6, 6.07) is 5.79. The summed E-state index contributed by atoms with van der Waals surface area (Å²) in [6.45, 7) is 6.79. The molecule has 140 valence electrons. The van der Waals surface area contributed by atoms with Crippen molar-refractivity contribution < 1.29 is 8.42 Å². The lowest BCUT2D eigenvalue weighted by atomic mass is 10.2. The van der Waals surface area contributed by atoms with Crippen molar-refractivity contribution in [2.75, 3.05) is 39.3 Å². The van der Waals surface area contributed by atoms with Gasteiger partial charge in [-0.3, -0.25) is 4.90 Å². The van der Waals surface area contributed by atoms with Gasteiger partial charge in [-0.05, 0) is 25.5 Å². The van der Waals surface area contributed by atoms with Gasteiger partial charge in [-0.2, -0.15) is 9.40 Å². The van der Waals surface area contributed by atoms with Crippen LogP contribution in [0.5, 0.6) is 0 Å². The Bertz CT molecular complexity index is 861. The summed E-state index contributed by atoms with van der Waals surface area (Å²) in [6.07, 6.45) is 3.99. The summed E-state index contributed by atoms with van der Waals surface area (Å²) < 4.78 is 29.5. The molecule has 2 fully saturated rings. The lowest BCUT2D eigenvalue weighted by molar-refractivity contribution is 0.179. The third kappa shape index (κ3) is 3.16. The molecule has 0 spiro atoms. The Kier molecular flexibility index (Phi) is 4.78. The molecule has 2 aromatic rings. The summed E-state index contributed by atoms with van der Waals surface area (Å²) in [7, 11) is -3.55. The Hall–Kier alpha value is -1.81. The van der Waals surface area contributed by atoms with Gasteiger partial charge in [0, 0.05) is 51.5 Å². The van der Waals surface area contributed by atoms with Gasteiger partial charge in [0.05, 0.1) is 11.9 Å². The van der Waals surface area contributed by atoms with Gasteiger partial charge in [-0.1, -0.05) is 6.07 Å². The largest absolute Gasteiger partial charge is 0.314 e. The van der Waals surface area contributed by atoms with Crippen LogP contribution >= 0.6 is 0 Å². The zero-order valence-electron chi connectivity index (χ0n) is 14.9. The monoisotopic (exact) mass is 376 g/mol. The average Bonchev–Trinajstić information content (AvgIpc) is 3.31. The molecule has 2 aliphatic heterocycles. The molecule has 0 aromatic carbocycles. The fourth-order valence-electron chi connectivity index (χ4n) is 3.77. The van der Waals surface area contributed by atoms with Crippen LogP contribution in [0.15, 0.2) is 35.5 Å². The zero-order chi connectivity index (χ0) is 18.1. The number of pyridine rings is 1.